The predicted molar refractivity (Wildman–Crippen MR) is 99.8 cm³/mol. The number of aliphatic imine (C=N–C) groups is 1. The minimum atomic E-state index is 0. The highest BCUT2D eigenvalue weighted by Crippen LogP contribution is 2.17. The molecule has 0 aromatic carbocycles. The fraction of sp³-hybridized carbons (Fsp3) is 0.500. The van der Waals surface area contributed by atoms with Gasteiger partial charge in [0.1, 0.15) is 17.0 Å². The Bertz CT molecular complexity index is 568. The average Bonchev–Trinajstić information content (AvgIpc) is 3.13. The first-order chi connectivity index (χ1) is 10.2. The monoisotopic (exact) mass is 435 g/mol. The van der Waals surface area contributed by atoms with E-state index in [9.17, 15) is 0 Å². The van der Waals surface area contributed by atoms with Crippen molar-refractivity contribution >= 4 is 41.3 Å². The molecule has 2 heterocycles. The Kier molecular flexibility index (Phi) is 8.39. The lowest BCUT2D eigenvalue weighted by Crippen LogP contribution is -2.36. The maximum Gasteiger partial charge on any atom is 0.191 e. The molecular weight excluding hydrogens is 413 g/mol. The zero-order chi connectivity index (χ0) is 15.1. The summed E-state index contributed by atoms with van der Waals surface area (Å²) in [6, 6.07) is 1.81. The molecule has 0 fully saturated rings. The zero-order valence-corrected chi connectivity index (χ0v) is 16.1. The Morgan fingerprint density at radius 3 is 2.82 bits per heavy atom. The van der Waals surface area contributed by atoms with Crippen LogP contribution >= 0.6 is 35.3 Å². The van der Waals surface area contributed by atoms with Crippen molar-refractivity contribution in [2.45, 2.75) is 39.8 Å². The molecule has 0 bridgehead atoms. The second-order valence-corrected chi connectivity index (χ2v) is 5.80. The van der Waals surface area contributed by atoms with Crippen LogP contribution in [0.3, 0.4) is 0 Å². The Morgan fingerprint density at radius 2 is 2.23 bits per heavy atom. The number of guanidine groups is 1. The third-order valence-corrected chi connectivity index (χ3v) is 3.67. The number of hydrogen-bond donors (Lipinski definition) is 2. The van der Waals surface area contributed by atoms with Gasteiger partial charge in [-0.25, -0.2) is 9.98 Å². The van der Waals surface area contributed by atoms with Gasteiger partial charge in [-0.05, 0) is 12.8 Å². The van der Waals surface area contributed by atoms with Crippen molar-refractivity contribution in [1.82, 2.24) is 20.8 Å². The molecule has 0 spiro atoms. The molecule has 0 amide bonds. The third kappa shape index (κ3) is 5.91. The fourth-order valence-corrected chi connectivity index (χ4v) is 2.55. The smallest absolute Gasteiger partial charge is 0.191 e. The standard InChI is InChI=1S/C14H21N5OS.HI/c1-4-15-14(16-7-11-5-6-20-19-11)17-8-13-18-12(9-21-13)10(2)3;/h5-6,9-10H,4,7-8H2,1-3H3,(H2,15,16,17);1H. The van der Waals surface area contributed by atoms with Gasteiger partial charge in [0.25, 0.3) is 0 Å². The van der Waals surface area contributed by atoms with E-state index in [4.69, 9.17) is 4.52 Å². The van der Waals surface area contributed by atoms with Crippen molar-refractivity contribution in [1.29, 1.82) is 0 Å². The van der Waals surface area contributed by atoms with Gasteiger partial charge < -0.3 is 15.2 Å². The highest BCUT2D eigenvalue weighted by Gasteiger charge is 2.06. The Balaban J connectivity index is 0.00000242. The van der Waals surface area contributed by atoms with Gasteiger partial charge in [0.15, 0.2) is 5.96 Å². The van der Waals surface area contributed by atoms with E-state index in [0.717, 1.165) is 28.9 Å². The van der Waals surface area contributed by atoms with E-state index < -0.39 is 0 Å². The summed E-state index contributed by atoms with van der Waals surface area (Å²) in [4.78, 5) is 9.06. The van der Waals surface area contributed by atoms with E-state index in [-0.39, 0.29) is 24.0 Å². The third-order valence-electron chi connectivity index (χ3n) is 2.80. The largest absolute Gasteiger partial charge is 0.364 e. The second kappa shape index (κ2) is 9.78. The molecule has 2 rings (SSSR count). The van der Waals surface area contributed by atoms with Crippen LogP contribution in [-0.2, 0) is 13.1 Å². The van der Waals surface area contributed by atoms with Gasteiger partial charge in [-0.2, -0.15) is 0 Å². The predicted octanol–water partition coefficient (Wildman–Crippen LogP) is 3.13. The fourth-order valence-electron chi connectivity index (χ4n) is 1.65. The van der Waals surface area contributed by atoms with E-state index >= 15 is 0 Å². The van der Waals surface area contributed by atoms with Gasteiger partial charge in [0.05, 0.1) is 18.8 Å². The number of rotatable bonds is 6. The topological polar surface area (TPSA) is 75.3 Å². The molecule has 0 aliphatic heterocycles. The Hall–Kier alpha value is -1.16. The quantitative estimate of drug-likeness (QED) is 0.414. The second-order valence-electron chi connectivity index (χ2n) is 4.86. The zero-order valence-electron chi connectivity index (χ0n) is 13.0. The van der Waals surface area contributed by atoms with E-state index in [1.165, 1.54) is 0 Å². The van der Waals surface area contributed by atoms with Crippen LogP contribution in [0.4, 0.5) is 0 Å². The summed E-state index contributed by atoms with van der Waals surface area (Å²) in [5, 5.41) is 13.5. The molecule has 0 aliphatic rings. The molecule has 0 saturated heterocycles. The number of halogens is 1. The van der Waals surface area contributed by atoms with Crippen molar-refractivity contribution < 1.29 is 4.52 Å². The summed E-state index contributed by atoms with van der Waals surface area (Å²) in [5.74, 6) is 1.21. The van der Waals surface area contributed by atoms with Crippen LogP contribution in [0.1, 0.15) is 43.1 Å². The first kappa shape index (κ1) is 18.9. The van der Waals surface area contributed by atoms with Crippen molar-refractivity contribution in [2.75, 3.05) is 6.54 Å². The summed E-state index contributed by atoms with van der Waals surface area (Å²) in [7, 11) is 0. The number of nitrogens with zero attached hydrogens (tertiary/aromatic N) is 3. The van der Waals surface area contributed by atoms with Gasteiger partial charge in [-0.15, -0.1) is 35.3 Å². The molecule has 2 aromatic heterocycles. The lowest BCUT2D eigenvalue weighted by molar-refractivity contribution is 0.412. The van der Waals surface area contributed by atoms with Gasteiger partial charge in [-0.3, -0.25) is 0 Å². The van der Waals surface area contributed by atoms with Crippen molar-refractivity contribution in [3.8, 4) is 0 Å². The molecule has 8 heteroatoms. The first-order valence-corrected chi connectivity index (χ1v) is 7.92. The number of hydrogen-bond acceptors (Lipinski definition) is 5. The maximum absolute atomic E-state index is 4.79. The Labute approximate surface area is 151 Å². The van der Waals surface area contributed by atoms with Gasteiger partial charge >= 0.3 is 0 Å². The Morgan fingerprint density at radius 1 is 1.41 bits per heavy atom. The lowest BCUT2D eigenvalue weighted by atomic mass is 10.2. The lowest BCUT2D eigenvalue weighted by Gasteiger charge is -2.09. The van der Waals surface area contributed by atoms with Gasteiger partial charge in [-0.1, -0.05) is 19.0 Å². The van der Waals surface area contributed by atoms with Crippen molar-refractivity contribution in [3.63, 3.8) is 0 Å². The van der Waals surface area contributed by atoms with Crippen LogP contribution < -0.4 is 10.6 Å². The summed E-state index contributed by atoms with van der Waals surface area (Å²) in [6.45, 7) is 8.29. The highest BCUT2D eigenvalue weighted by atomic mass is 127. The van der Waals surface area contributed by atoms with Gasteiger partial charge in [0.2, 0.25) is 0 Å². The van der Waals surface area contributed by atoms with Crippen LogP contribution in [0, 0.1) is 0 Å². The molecule has 0 atom stereocenters. The molecule has 0 aliphatic carbocycles. The van der Waals surface area contributed by atoms with Crippen LogP contribution in [0.15, 0.2) is 27.2 Å². The van der Waals surface area contributed by atoms with E-state index in [0.29, 0.717) is 19.0 Å². The summed E-state index contributed by atoms with van der Waals surface area (Å²) in [6.07, 6.45) is 1.55. The number of aromatic nitrogens is 2. The maximum atomic E-state index is 4.79. The molecule has 0 unspecified atom stereocenters. The molecule has 122 valence electrons. The molecule has 2 aromatic rings. The van der Waals surface area contributed by atoms with E-state index in [1.807, 2.05) is 13.0 Å². The molecule has 6 nitrogen and oxygen atoms in total. The highest BCUT2D eigenvalue weighted by molar-refractivity contribution is 14.0. The molecule has 0 saturated carbocycles. The van der Waals surface area contributed by atoms with Crippen molar-refractivity contribution in [3.05, 3.63) is 34.1 Å². The van der Waals surface area contributed by atoms with Gasteiger partial charge in [0, 0.05) is 18.0 Å². The molecule has 22 heavy (non-hydrogen) atoms. The normalized spacial score (nSPS) is 11.4. The average molecular weight is 435 g/mol. The molecule has 0 radical (unpaired) electrons. The number of thiazole rings is 1. The minimum Gasteiger partial charge on any atom is -0.364 e. The van der Waals surface area contributed by atoms with Crippen molar-refractivity contribution in [2.24, 2.45) is 4.99 Å². The SMILES string of the molecule is CCNC(=NCc1ccon1)NCc1nc(C(C)C)cs1.I. The van der Waals surface area contributed by atoms with Crippen LogP contribution in [0.2, 0.25) is 0 Å². The summed E-state index contributed by atoms with van der Waals surface area (Å²) < 4.78 is 4.79. The molecular formula is C14H22IN5OS. The van der Waals surface area contributed by atoms with Crippen LogP contribution in [-0.4, -0.2) is 22.6 Å². The summed E-state index contributed by atoms with van der Waals surface area (Å²) in [5.41, 5.74) is 1.95. The van der Waals surface area contributed by atoms with Crippen LogP contribution in [0.5, 0.6) is 0 Å². The molecule has 2 N–H and O–H groups in total. The first-order valence-electron chi connectivity index (χ1n) is 7.04. The van der Waals surface area contributed by atoms with E-state index in [1.54, 1.807) is 17.6 Å². The van der Waals surface area contributed by atoms with E-state index in [2.05, 4.69) is 45.0 Å². The number of nitrogens with one attached hydrogen (secondary N) is 2. The van der Waals surface area contributed by atoms with Crippen LogP contribution in [0.25, 0.3) is 0 Å². The summed E-state index contributed by atoms with van der Waals surface area (Å²) >= 11 is 1.67. The minimum absolute atomic E-state index is 0.